The van der Waals surface area contributed by atoms with Gasteiger partial charge in [0.15, 0.2) is 0 Å². The van der Waals surface area contributed by atoms with Crippen molar-refractivity contribution in [3.8, 4) is 0 Å². The minimum Gasteiger partial charge on any atom is -0.330 e. The van der Waals surface area contributed by atoms with Crippen molar-refractivity contribution in [1.82, 2.24) is 0 Å². The smallest absolute Gasteiger partial charge is 0.330 e. The fraction of sp³-hybridized carbons (Fsp3) is 1.00. The predicted molar refractivity (Wildman–Crippen MR) is 85.3 cm³/mol. The quantitative estimate of drug-likeness (QED) is 0.494. The summed E-state index contributed by atoms with van der Waals surface area (Å²) in [5.41, 5.74) is 5.54. The molecule has 3 N–H and O–H groups in total. The molecule has 7 nitrogen and oxygen atoms in total. The van der Waals surface area contributed by atoms with Crippen molar-refractivity contribution in [1.29, 1.82) is 0 Å². The molecule has 0 saturated carbocycles. The topological polar surface area (TPSA) is 100 Å². The van der Waals surface area contributed by atoms with Gasteiger partial charge in [0.2, 0.25) is 5.40 Å². The van der Waals surface area contributed by atoms with Crippen LogP contribution in [0.1, 0.15) is 40.5 Å². The molecule has 0 aliphatic heterocycles. The normalized spacial score (nSPS) is 14.4. The van der Waals surface area contributed by atoms with Crippen LogP contribution in [0.3, 0.4) is 0 Å². The van der Waals surface area contributed by atoms with Crippen LogP contribution in [0, 0.1) is 0 Å². The zero-order valence-electron chi connectivity index (χ0n) is 13.5. The third-order valence-electron chi connectivity index (χ3n) is 2.65. The minimum absolute atomic E-state index is 0.217. The minimum atomic E-state index is -3.55. The van der Waals surface area contributed by atoms with Crippen LogP contribution in [0.25, 0.3) is 0 Å². The maximum Gasteiger partial charge on any atom is 0.424 e. The molecular weight excluding hydrogens is 316 g/mol. The first-order valence-corrected chi connectivity index (χ1v) is 10.7. The Labute approximate surface area is 128 Å². The highest BCUT2D eigenvalue weighted by molar-refractivity contribution is 7.76. The average Bonchev–Trinajstić information content (AvgIpc) is 2.40. The molecule has 0 radical (unpaired) electrons. The van der Waals surface area contributed by atoms with E-state index in [1.165, 1.54) is 0 Å². The van der Waals surface area contributed by atoms with Crippen LogP contribution in [-0.2, 0) is 22.7 Å². The second-order valence-corrected chi connectivity index (χ2v) is 9.08. The fourth-order valence-electron chi connectivity index (χ4n) is 1.95. The summed E-state index contributed by atoms with van der Waals surface area (Å²) in [5, 5.41) is -0.839. The number of hydrogen-bond donors (Lipinski definition) is 2. The Bertz CT molecular complexity index is 302. The summed E-state index contributed by atoms with van der Waals surface area (Å²) in [5.74, 6) is 0. The van der Waals surface area contributed by atoms with E-state index in [0.717, 1.165) is 0 Å². The molecule has 0 rings (SSSR count). The standard InChI is InChI=1S/C12H30NO6P2/c1-5-16-20(14,17-6-2)12(10-9-11-13)21(15,18-7-3)19-8-4/h12,14H,5-11,13H2,1-4H3/q+1. The SMILES string of the molecule is CCOP(=O)(OCC)C(CCCN)[P+](O)(OCC)OCC. The van der Waals surface area contributed by atoms with E-state index >= 15 is 0 Å². The molecule has 0 aliphatic rings. The fourth-order valence-corrected chi connectivity index (χ4v) is 7.48. The molecule has 9 heteroatoms. The van der Waals surface area contributed by atoms with Crippen LogP contribution < -0.4 is 5.73 Å². The predicted octanol–water partition coefficient (Wildman–Crippen LogP) is 3.15. The second-order valence-electron chi connectivity index (χ2n) is 4.19. The van der Waals surface area contributed by atoms with Crippen molar-refractivity contribution in [2.45, 2.75) is 45.9 Å². The lowest BCUT2D eigenvalue weighted by Crippen LogP contribution is -2.22. The molecule has 0 spiro atoms. The van der Waals surface area contributed by atoms with Crippen LogP contribution in [-0.4, -0.2) is 43.3 Å². The first-order chi connectivity index (χ1) is 9.94. The molecule has 21 heavy (non-hydrogen) atoms. The Morgan fingerprint density at radius 2 is 1.52 bits per heavy atom. The average molecular weight is 346 g/mol. The molecule has 0 aromatic carbocycles. The van der Waals surface area contributed by atoms with Crippen LogP contribution in [0.4, 0.5) is 0 Å². The molecule has 1 unspecified atom stereocenters. The Morgan fingerprint density at radius 1 is 1.05 bits per heavy atom. The molecule has 0 bridgehead atoms. The third-order valence-corrected chi connectivity index (χ3v) is 8.87. The van der Waals surface area contributed by atoms with Gasteiger partial charge < -0.3 is 14.8 Å². The van der Waals surface area contributed by atoms with Gasteiger partial charge in [-0.15, -0.1) is 0 Å². The molecule has 0 aromatic heterocycles. The lowest BCUT2D eigenvalue weighted by molar-refractivity contribution is 0.172. The van der Waals surface area contributed by atoms with Crippen LogP contribution in [0.2, 0.25) is 0 Å². The van der Waals surface area contributed by atoms with Crippen molar-refractivity contribution >= 4 is 15.5 Å². The molecule has 0 aliphatic carbocycles. The van der Waals surface area contributed by atoms with E-state index in [9.17, 15) is 9.46 Å². The highest BCUT2D eigenvalue weighted by Gasteiger charge is 2.60. The van der Waals surface area contributed by atoms with Gasteiger partial charge >= 0.3 is 15.5 Å². The molecule has 1 atom stereocenters. The van der Waals surface area contributed by atoms with Crippen molar-refractivity contribution in [3.63, 3.8) is 0 Å². The van der Waals surface area contributed by atoms with Gasteiger partial charge in [-0.3, -0.25) is 4.57 Å². The Kier molecular flexibility index (Phi) is 11.3. The van der Waals surface area contributed by atoms with E-state index in [-0.39, 0.29) is 26.4 Å². The van der Waals surface area contributed by atoms with Crippen LogP contribution >= 0.6 is 15.5 Å². The number of rotatable bonds is 13. The maximum atomic E-state index is 13.0. The number of hydrogen-bond acceptors (Lipinski definition) is 7. The van der Waals surface area contributed by atoms with E-state index in [2.05, 4.69) is 0 Å². The molecule has 0 amide bonds. The van der Waals surface area contributed by atoms with Gasteiger partial charge in [-0.2, -0.15) is 13.9 Å². The van der Waals surface area contributed by atoms with Crippen molar-refractivity contribution in [2.24, 2.45) is 5.73 Å². The highest BCUT2D eigenvalue weighted by atomic mass is 31.3. The first kappa shape index (κ1) is 21.4. The summed E-state index contributed by atoms with van der Waals surface area (Å²) < 4.78 is 34.7. The van der Waals surface area contributed by atoms with Crippen molar-refractivity contribution in [2.75, 3.05) is 33.0 Å². The summed E-state index contributed by atoms with van der Waals surface area (Å²) in [6.45, 7) is 8.29. The Hall–Kier alpha value is 0.420. The molecule has 0 aromatic rings. The van der Waals surface area contributed by atoms with E-state index < -0.39 is 20.9 Å². The summed E-state index contributed by atoms with van der Waals surface area (Å²) in [6.07, 6.45) is 0.926. The lowest BCUT2D eigenvalue weighted by atomic mass is 10.3. The van der Waals surface area contributed by atoms with E-state index in [4.69, 9.17) is 23.8 Å². The van der Waals surface area contributed by atoms with Crippen molar-refractivity contribution in [3.05, 3.63) is 0 Å². The van der Waals surface area contributed by atoms with Gasteiger partial charge in [0.05, 0.1) is 26.4 Å². The Balaban J connectivity index is 5.50. The Morgan fingerprint density at radius 3 is 1.86 bits per heavy atom. The first-order valence-electron chi connectivity index (χ1n) is 7.43. The summed E-state index contributed by atoms with van der Waals surface area (Å²) in [7, 11) is -6.91. The van der Waals surface area contributed by atoms with Crippen LogP contribution in [0.5, 0.6) is 0 Å². The van der Waals surface area contributed by atoms with Gasteiger partial charge in [-0.25, -0.2) is 0 Å². The van der Waals surface area contributed by atoms with Gasteiger partial charge in [0.1, 0.15) is 0 Å². The molecule has 0 fully saturated rings. The van der Waals surface area contributed by atoms with Gasteiger partial charge in [-0.1, -0.05) is 0 Å². The van der Waals surface area contributed by atoms with Gasteiger partial charge in [0.25, 0.3) is 0 Å². The zero-order valence-corrected chi connectivity index (χ0v) is 15.3. The second kappa shape index (κ2) is 11.0. The lowest BCUT2D eigenvalue weighted by Gasteiger charge is -2.29. The third kappa shape index (κ3) is 6.59. The largest absolute Gasteiger partial charge is 0.424 e. The van der Waals surface area contributed by atoms with Gasteiger partial charge in [0, 0.05) is 6.42 Å². The highest BCUT2D eigenvalue weighted by Crippen LogP contribution is 2.76. The van der Waals surface area contributed by atoms with Crippen molar-refractivity contribution < 1.29 is 27.6 Å². The summed E-state index contributed by atoms with van der Waals surface area (Å²) in [4.78, 5) is 10.8. The molecule has 128 valence electrons. The summed E-state index contributed by atoms with van der Waals surface area (Å²) >= 11 is 0. The monoisotopic (exact) mass is 346 g/mol. The zero-order chi connectivity index (χ0) is 16.4. The van der Waals surface area contributed by atoms with E-state index in [1.807, 2.05) is 0 Å². The van der Waals surface area contributed by atoms with E-state index in [1.54, 1.807) is 27.7 Å². The maximum absolute atomic E-state index is 13.0. The summed E-state index contributed by atoms with van der Waals surface area (Å²) in [6, 6.07) is 0. The van der Waals surface area contributed by atoms with Crippen LogP contribution in [0.15, 0.2) is 0 Å². The molecule has 0 saturated heterocycles. The number of nitrogens with two attached hydrogens (primary N) is 1. The molecule has 0 heterocycles. The molecular formula is C12H30NO6P2+. The van der Waals surface area contributed by atoms with E-state index in [0.29, 0.717) is 19.4 Å². The van der Waals surface area contributed by atoms with Gasteiger partial charge in [-0.05, 0) is 40.7 Å².